The van der Waals surface area contributed by atoms with Crippen molar-refractivity contribution in [3.8, 4) is 12.3 Å². The van der Waals surface area contributed by atoms with E-state index in [9.17, 15) is 19.2 Å². The van der Waals surface area contributed by atoms with Gasteiger partial charge in [0.1, 0.15) is 12.1 Å². The van der Waals surface area contributed by atoms with Crippen molar-refractivity contribution in [3.05, 3.63) is 0 Å². The van der Waals surface area contributed by atoms with Crippen LogP contribution in [0.25, 0.3) is 0 Å². The van der Waals surface area contributed by atoms with Crippen LogP contribution in [0.3, 0.4) is 0 Å². The lowest BCUT2D eigenvalue weighted by atomic mass is 9.93. The maximum absolute atomic E-state index is 11.9. The fraction of sp³-hybridized carbons (Fsp3) is 0.538. The van der Waals surface area contributed by atoms with Crippen LogP contribution in [0.5, 0.6) is 0 Å². The van der Waals surface area contributed by atoms with Gasteiger partial charge in [-0.15, -0.1) is 6.42 Å². The van der Waals surface area contributed by atoms with E-state index in [4.69, 9.17) is 22.4 Å². The zero-order valence-corrected chi connectivity index (χ0v) is 12.3. The van der Waals surface area contributed by atoms with Crippen LogP contribution >= 0.6 is 0 Å². The van der Waals surface area contributed by atoms with E-state index in [-0.39, 0.29) is 12.8 Å². The summed E-state index contributed by atoms with van der Waals surface area (Å²) >= 11 is 0. The third-order valence-electron chi connectivity index (χ3n) is 2.88. The molecule has 3 atom stereocenters. The van der Waals surface area contributed by atoms with Gasteiger partial charge in [-0.3, -0.25) is 19.2 Å². The van der Waals surface area contributed by atoms with Gasteiger partial charge in [-0.1, -0.05) is 5.92 Å². The molecule has 0 aliphatic rings. The molecule has 0 saturated heterocycles. The highest BCUT2D eigenvalue weighted by Gasteiger charge is 2.34. The zero-order valence-electron chi connectivity index (χ0n) is 12.3. The van der Waals surface area contributed by atoms with Gasteiger partial charge in [0.05, 0.1) is 0 Å². The molecule has 0 heterocycles. The minimum Gasteiger partial charge on any atom is -0.480 e. The Balaban J connectivity index is 4.66. The molecule has 9 nitrogen and oxygen atoms in total. The van der Waals surface area contributed by atoms with Gasteiger partial charge in [0.2, 0.25) is 5.91 Å². The molecule has 0 aromatic heterocycles. The third-order valence-corrected chi connectivity index (χ3v) is 2.88. The Morgan fingerprint density at radius 3 is 2.00 bits per heavy atom. The molecule has 0 aliphatic heterocycles. The average molecular weight is 313 g/mol. The minimum atomic E-state index is -1.87. The van der Waals surface area contributed by atoms with Crippen LogP contribution in [0, 0.1) is 12.3 Å². The lowest BCUT2D eigenvalue weighted by molar-refractivity contribution is -0.142. The number of nitrogens with one attached hydrogen (secondary N) is 2. The van der Waals surface area contributed by atoms with Crippen LogP contribution in [0.15, 0.2) is 0 Å². The molecule has 22 heavy (non-hydrogen) atoms. The van der Waals surface area contributed by atoms with Gasteiger partial charge < -0.3 is 26.6 Å². The normalized spacial score (nSPS) is 15.5. The fourth-order valence-electron chi connectivity index (χ4n) is 1.32. The molecule has 0 fully saturated rings. The van der Waals surface area contributed by atoms with Crippen molar-refractivity contribution in [3.63, 3.8) is 0 Å². The number of hydrogen-bond acceptors (Lipinski definition) is 5. The topological polar surface area (TPSA) is 159 Å². The van der Waals surface area contributed by atoms with Crippen molar-refractivity contribution in [2.24, 2.45) is 5.73 Å². The van der Waals surface area contributed by atoms with E-state index < -0.39 is 41.4 Å². The molecule has 9 heteroatoms. The van der Waals surface area contributed by atoms with Crippen LogP contribution in [-0.2, 0) is 19.2 Å². The number of carboxylic acid groups (broad SMARTS) is 2. The molecule has 0 rings (SSSR count). The molecular formula is C13H19N3O6. The molecule has 0 spiro atoms. The standard InChI is InChI=1S/C13H19N3O6/c1-4-13(14,12(22)16-8(3)11(20)21)6-5-9(17)15-7(2)10(18)19/h1,7-8H,5-6,14H2,2-3H3,(H,15,17)(H,16,22)(H,18,19)(H,20,21). The molecule has 0 radical (unpaired) electrons. The Morgan fingerprint density at radius 2 is 1.59 bits per heavy atom. The number of aliphatic carboxylic acids is 2. The number of hydrogen-bond donors (Lipinski definition) is 5. The molecule has 0 bridgehead atoms. The summed E-state index contributed by atoms with van der Waals surface area (Å²) in [5.41, 5.74) is 3.82. The summed E-state index contributed by atoms with van der Waals surface area (Å²) in [4.78, 5) is 44.7. The number of nitrogens with two attached hydrogens (primary N) is 1. The molecular weight excluding hydrogens is 294 g/mol. The van der Waals surface area contributed by atoms with Gasteiger partial charge in [-0.2, -0.15) is 0 Å². The van der Waals surface area contributed by atoms with Crippen molar-refractivity contribution < 1.29 is 29.4 Å². The Labute approximate surface area is 127 Å². The molecule has 2 amide bonds. The first-order valence-corrected chi connectivity index (χ1v) is 6.36. The largest absolute Gasteiger partial charge is 0.480 e. The fourth-order valence-corrected chi connectivity index (χ4v) is 1.32. The smallest absolute Gasteiger partial charge is 0.325 e. The quantitative estimate of drug-likeness (QED) is 0.333. The SMILES string of the molecule is C#CC(N)(CCC(=O)NC(C)C(=O)O)C(=O)NC(C)C(=O)O. The predicted octanol–water partition coefficient (Wildman–Crippen LogP) is -1.72. The van der Waals surface area contributed by atoms with Crippen LogP contribution in [0.4, 0.5) is 0 Å². The highest BCUT2D eigenvalue weighted by Crippen LogP contribution is 2.10. The summed E-state index contributed by atoms with van der Waals surface area (Å²) in [6, 6.07) is -2.28. The Bertz CT molecular complexity index is 512. The minimum absolute atomic E-state index is 0.264. The maximum atomic E-state index is 11.9. The first-order chi connectivity index (χ1) is 10.0. The van der Waals surface area contributed by atoms with Crippen LogP contribution in [0.2, 0.25) is 0 Å². The second-order valence-corrected chi connectivity index (χ2v) is 4.78. The van der Waals surface area contributed by atoms with Gasteiger partial charge >= 0.3 is 11.9 Å². The Kier molecular flexibility index (Phi) is 7.05. The van der Waals surface area contributed by atoms with Crippen molar-refractivity contribution >= 4 is 23.8 Å². The molecule has 122 valence electrons. The summed E-state index contributed by atoms with van der Waals surface area (Å²) in [6.07, 6.45) is 4.64. The second-order valence-electron chi connectivity index (χ2n) is 4.78. The van der Waals surface area contributed by atoms with Gasteiger partial charge in [0.15, 0.2) is 5.54 Å². The summed E-state index contributed by atoms with van der Waals surface area (Å²) in [5.74, 6) is -1.98. The van der Waals surface area contributed by atoms with Crippen molar-refractivity contribution in [2.45, 2.75) is 44.3 Å². The number of carbonyl (C=O) groups is 4. The van der Waals surface area contributed by atoms with E-state index in [1.54, 1.807) is 0 Å². The highest BCUT2D eigenvalue weighted by atomic mass is 16.4. The second kappa shape index (κ2) is 7.99. The first kappa shape index (κ1) is 19.4. The van der Waals surface area contributed by atoms with Gasteiger partial charge in [0.25, 0.3) is 5.91 Å². The summed E-state index contributed by atoms with van der Waals surface area (Å²) in [5, 5.41) is 21.7. The van der Waals surface area contributed by atoms with E-state index in [0.717, 1.165) is 0 Å². The van der Waals surface area contributed by atoms with Gasteiger partial charge in [-0.05, 0) is 20.3 Å². The van der Waals surface area contributed by atoms with E-state index in [0.29, 0.717) is 0 Å². The molecule has 0 aliphatic carbocycles. The van der Waals surface area contributed by atoms with E-state index >= 15 is 0 Å². The Hall–Kier alpha value is -2.60. The van der Waals surface area contributed by atoms with E-state index in [1.807, 2.05) is 5.92 Å². The number of terminal acetylenes is 1. The lowest BCUT2D eigenvalue weighted by Crippen LogP contribution is -2.56. The predicted molar refractivity (Wildman–Crippen MR) is 75.5 cm³/mol. The number of amides is 2. The Morgan fingerprint density at radius 1 is 1.14 bits per heavy atom. The molecule has 0 saturated carbocycles. The van der Waals surface area contributed by atoms with Crippen LogP contribution in [0.1, 0.15) is 26.7 Å². The third kappa shape index (κ3) is 5.80. The summed E-state index contributed by atoms with van der Waals surface area (Å²) in [7, 11) is 0. The van der Waals surface area contributed by atoms with Gasteiger partial charge in [-0.25, -0.2) is 0 Å². The van der Waals surface area contributed by atoms with Gasteiger partial charge in [0, 0.05) is 6.42 Å². The monoisotopic (exact) mass is 313 g/mol. The highest BCUT2D eigenvalue weighted by molar-refractivity contribution is 5.93. The molecule has 0 aromatic carbocycles. The van der Waals surface area contributed by atoms with Crippen molar-refractivity contribution in [1.82, 2.24) is 10.6 Å². The molecule has 0 aromatic rings. The van der Waals surface area contributed by atoms with Crippen LogP contribution < -0.4 is 16.4 Å². The molecule has 3 unspecified atom stereocenters. The van der Waals surface area contributed by atoms with Crippen molar-refractivity contribution in [1.29, 1.82) is 0 Å². The lowest BCUT2D eigenvalue weighted by Gasteiger charge is -2.23. The summed E-state index contributed by atoms with van der Waals surface area (Å²) < 4.78 is 0. The summed E-state index contributed by atoms with van der Waals surface area (Å²) in [6.45, 7) is 2.51. The molecule has 6 N–H and O–H groups in total. The van der Waals surface area contributed by atoms with E-state index in [1.165, 1.54) is 13.8 Å². The number of carboxylic acids is 2. The van der Waals surface area contributed by atoms with Crippen LogP contribution in [-0.4, -0.2) is 51.6 Å². The zero-order chi connectivity index (χ0) is 17.5. The van der Waals surface area contributed by atoms with E-state index in [2.05, 4.69) is 10.6 Å². The number of carbonyl (C=O) groups excluding carboxylic acids is 2. The van der Waals surface area contributed by atoms with Crippen molar-refractivity contribution in [2.75, 3.05) is 0 Å². The average Bonchev–Trinajstić information content (AvgIpc) is 2.44. The number of rotatable bonds is 8. The maximum Gasteiger partial charge on any atom is 0.325 e. The first-order valence-electron chi connectivity index (χ1n) is 6.36.